The number of halogens is 1. The number of fused-ring (bicyclic) bond motifs is 2. The minimum absolute atomic E-state index is 0.226. The third kappa shape index (κ3) is 4.22. The molecule has 8 heteroatoms. The van der Waals surface area contributed by atoms with Crippen LogP contribution in [0.1, 0.15) is 24.8 Å². The molecule has 4 aromatic heterocycles. The van der Waals surface area contributed by atoms with Gasteiger partial charge in [0.2, 0.25) is 0 Å². The lowest BCUT2D eigenvalue weighted by atomic mass is 10.0. The van der Waals surface area contributed by atoms with E-state index in [4.69, 9.17) is 4.98 Å². The van der Waals surface area contributed by atoms with Gasteiger partial charge in [-0.1, -0.05) is 24.6 Å². The molecule has 188 valence electrons. The number of nitrogens with one attached hydrogen (secondary N) is 2. The van der Waals surface area contributed by atoms with E-state index >= 15 is 0 Å². The van der Waals surface area contributed by atoms with Gasteiger partial charge in [-0.2, -0.15) is 5.10 Å². The molecule has 0 atom stereocenters. The maximum absolute atomic E-state index is 14.8. The van der Waals surface area contributed by atoms with Gasteiger partial charge in [0.1, 0.15) is 11.5 Å². The molecule has 0 radical (unpaired) electrons. The Kier molecular flexibility index (Phi) is 5.66. The van der Waals surface area contributed by atoms with Crippen molar-refractivity contribution >= 4 is 22.1 Å². The molecule has 38 heavy (non-hydrogen) atoms. The first-order valence-corrected chi connectivity index (χ1v) is 13.0. The number of para-hydroxylation sites is 1. The second kappa shape index (κ2) is 9.46. The summed E-state index contributed by atoms with van der Waals surface area (Å²) in [5.74, 6) is 0.431. The largest absolute Gasteiger partial charge is 0.337 e. The molecule has 7 nitrogen and oxygen atoms in total. The summed E-state index contributed by atoms with van der Waals surface area (Å²) in [5, 5.41) is 8.36. The minimum atomic E-state index is -0.226. The summed E-state index contributed by atoms with van der Waals surface area (Å²) < 4.78 is 14.8. The number of imidazole rings is 1. The number of rotatable bonds is 5. The average Bonchev–Trinajstić information content (AvgIpc) is 3.57. The van der Waals surface area contributed by atoms with Crippen LogP contribution in [-0.2, 0) is 6.54 Å². The lowest BCUT2D eigenvalue weighted by Crippen LogP contribution is -2.29. The van der Waals surface area contributed by atoms with Crippen LogP contribution in [0.25, 0.3) is 55.8 Å². The fourth-order valence-electron chi connectivity index (χ4n) is 5.43. The number of benzene rings is 2. The van der Waals surface area contributed by atoms with E-state index in [1.165, 1.54) is 19.3 Å². The molecule has 1 saturated heterocycles. The van der Waals surface area contributed by atoms with Crippen molar-refractivity contribution in [2.75, 3.05) is 13.1 Å². The summed E-state index contributed by atoms with van der Waals surface area (Å²) in [4.78, 5) is 19.6. The van der Waals surface area contributed by atoms with Crippen molar-refractivity contribution in [3.8, 4) is 33.8 Å². The van der Waals surface area contributed by atoms with E-state index in [1.54, 1.807) is 24.5 Å². The standard InChI is InChI=1S/C30H26FN7/c31-23-13-19(18-38-10-2-1-3-11-38)12-21(14-23)24-7-4-8-26-27(24)35-30(34-26)28-25-15-22(17-33-29(25)37-36-28)20-6-5-9-32-16-20/h4-9,12-17H,1-3,10-11,18H2,(H,34,35)(H,33,36,37). The van der Waals surface area contributed by atoms with Crippen molar-refractivity contribution in [2.45, 2.75) is 25.8 Å². The first-order valence-electron chi connectivity index (χ1n) is 13.0. The number of aromatic nitrogens is 6. The first-order chi connectivity index (χ1) is 18.7. The highest BCUT2D eigenvalue weighted by atomic mass is 19.1. The third-order valence-electron chi connectivity index (χ3n) is 7.28. The lowest BCUT2D eigenvalue weighted by molar-refractivity contribution is 0.220. The van der Waals surface area contributed by atoms with E-state index in [-0.39, 0.29) is 5.82 Å². The molecular formula is C30H26FN7. The topological polar surface area (TPSA) is 86.4 Å². The molecular weight excluding hydrogens is 477 g/mol. The molecule has 2 N–H and O–H groups in total. The van der Waals surface area contributed by atoms with Crippen LogP contribution in [0.3, 0.4) is 0 Å². The van der Waals surface area contributed by atoms with Crippen LogP contribution in [0.5, 0.6) is 0 Å². The average molecular weight is 504 g/mol. The van der Waals surface area contributed by atoms with Crippen LogP contribution in [-0.4, -0.2) is 48.1 Å². The van der Waals surface area contributed by atoms with Crippen molar-refractivity contribution in [3.05, 3.63) is 84.6 Å². The molecule has 7 rings (SSSR count). The van der Waals surface area contributed by atoms with Gasteiger partial charge in [0.25, 0.3) is 0 Å². The first kappa shape index (κ1) is 22.7. The molecule has 6 aromatic rings. The molecule has 0 amide bonds. The molecule has 0 bridgehead atoms. The van der Waals surface area contributed by atoms with E-state index in [0.717, 1.165) is 69.6 Å². The summed E-state index contributed by atoms with van der Waals surface area (Å²) in [6.45, 7) is 2.90. The second-order valence-corrected chi connectivity index (χ2v) is 9.91. The molecule has 5 heterocycles. The zero-order valence-corrected chi connectivity index (χ0v) is 20.8. The van der Waals surface area contributed by atoms with Crippen LogP contribution in [0.15, 0.2) is 73.2 Å². The van der Waals surface area contributed by atoms with Crippen LogP contribution in [0.4, 0.5) is 4.39 Å². The smallest absolute Gasteiger partial charge is 0.181 e. The monoisotopic (exact) mass is 503 g/mol. The summed E-state index contributed by atoms with van der Waals surface area (Å²) in [7, 11) is 0. The van der Waals surface area contributed by atoms with Crippen LogP contribution in [0.2, 0.25) is 0 Å². The predicted octanol–water partition coefficient (Wildman–Crippen LogP) is 6.36. The van der Waals surface area contributed by atoms with E-state index in [2.05, 4.69) is 36.1 Å². The van der Waals surface area contributed by atoms with Gasteiger partial charge in [0.15, 0.2) is 11.5 Å². The van der Waals surface area contributed by atoms with E-state index in [9.17, 15) is 4.39 Å². The van der Waals surface area contributed by atoms with Gasteiger partial charge in [-0.25, -0.2) is 14.4 Å². The van der Waals surface area contributed by atoms with Crippen molar-refractivity contribution in [1.82, 2.24) is 35.0 Å². The van der Waals surface area contributed by atoms with E-state index < -0.39 is 0 Å². The molecule has 1 aliphatic heterocycles. The molecule has 0 unspecified atom stereocenters. The molecule has 0 spiro atoms. The Balaban J connectivity index is 1.29. The molecule has 1 aliphatic rings. The normalized spacial score (nSPS) is 14.4. The number of pyridine rings is 2. The van der Waals surface area contributed by atoms with Gasteiger partial charge in [-0.3, -0.25) is 15.0 Å². The Hall–Kier alpha value is -4.43. The number of likely N-dealkylation sites (tertiary alicyclic amines) is 1. The third-order valence-corrected chi connectivity index (χ3v) is 7.28. The Morgan fingerprint density at radius 1 is 0.895 bits per heavy atom. The van der Waals surface area contributed by atoms with Crippen LogP contribution >= 0.6 is 0 Å². The SMILES string of the molecule is Fc1cc(CN2CCCCC2)cc(-c2cccc3[nH]c(-c4[nH]nc5ncc(-c6cccnc6)cc45)nc23)c1. The summed E-state index contributed by atoms with van der Waals surface area (Å²) in [6, 6.07) is 17.3. The second-order valence-electron chi connectivity index (χ2n) is 9.91. The molecule has 1 fully saturated rings. The van der Waals surface area contributed by atoms with Crippen LogP contribution in [0, 0.1) is 5.82 Å². The fourth-order valence-corrected chi connectivity index (χ4v) is 5.43. The highest BCUT2D eigenvalue weighted by Crippen LogP contribution is 2.33. The van der Waals surface area contributed by atoms with Gasteiger partial charge in [0.05, 0.1) is 16.4 Å². The number of H-pyrrole nitrogens is 2. The van der Waals surface area contributed by atoms with Crippen molar-refractivity contribution in [1.29, 1.82) is 0 Å². The van der Waals surface area contributed by atoms with Gasteiger partial charge >= 0.3 is 0 Å². The maximum atomic E-state index is 14.8. The highest BCUT2D eigenvalue weighted by Gasteiger charge is 2.17. The predicted molar refractivity (Wildman–Crippen MR) is 147 cm³/mol. The number of aromatic amines is 2. The zero-order valence-electron chi connectivity index (χ0n) is 20.8. The van der Waals surface area contributed by atoms with Gasteiger partial charge < -0.3 is 4.98 Å². The Morgan fingerprint density at radius 2 is 1.82 bits per heavy atom. The zero-order chi connectivity index (χ0) is 25.5. The summed E-state index contributed by atoms with van der Waals surface area (Å²) in [5.41, 5.74) is 7.67. The molecule has 0 aliphatic carbocycles. The Bertz CT molecular complexity index is 1750. The number of hydrogen-bond donors (Lipinski definition) is 2. The summed E-state index contributed by atoms with van der Waals surface area (Å²) in [6.07, 6.45) is 9.06. The highest BCUT2D eigenvalue weighted by molar-refractivity contribution is 5.97. The van der Waals surface area contributed by atoms with Gasteiger partial charge in [-0.15, -0.1) is 0 Å². The summed E-state index contributed by atoms with van der Waals surface area (Å²) >= 11 is 0. The van der Waals surface area contributed by atoms with Gasteiger partial charge in [-0.05, 0) is 73.5 Å². The number of nitrogens with zero attached hydrogens (tertiary/aromatic N) is 5. The van der Waals surface area contributed by atoms with Crippen LogP contribution < -0.4 is 0 Å². The maximum Gasteiger partial charge on any atom is 0.181 e. The Labute approximate surface area is 218 Å². The minimum Gasteiger partial charge on any atom is -0.337 e. The Morgan fingerprint density at radius 3 is 2.68 bits per heavy atom. The van der Waals surface area contributed by atoms with E-state index in [1.807, 2.05) is 42.6 Å². The lowest BCUT2D eigenvalue weighted by Gasteiger charge is -2.26. The quantitative estimate of drug-likeness (QED) is 0.286. The van der Waals surface area contributed by atoms with Crippen molar-refractivity contribution in [3.63, 3.8) is 0 Å². The number of piperidine rings is 1. The molecule has 0 saturated carbocycles. The van der Waals surface area contributed by atoms with Crippen molar-refractivity contribution < 1.29 is 4.39 Å². The van der Waals surface area contributed by atoms with E-state index in [0.29, 0.717) is 11.5 Å². The van der Waals surface area contributed by atoms with Crippen molar-refractivity contribution in [2.24, 2.45) is 0 Å². The fraction of sp³-hybridized carbons (Fsp3) is 0.200. The molecule has 2 aromatic carbocycles. The number of hydrogen-bond acceptors (Lipinski definition) is 5. The van der Waals surface area contributed by atoms with Gasteiger partial charge in [0, 0.05) is 41.8 Å².